The van der Waals surface area contributed by atoms with Gasteiger partial charge in [-0.3, -0.25) is 14.9 Å². The van der Waals surface area contributed by atoms with Crippen LogP contribution in [-0.2, 0) is 15.0 Å². The van der Waals surface area contributed by atoms with Gasteiger partial charge in [-0.25, -0.2) is 4.39 Å². The van der Waals surface area contributed by atoms with Crippen molar-refractivity contribution in [2.24, 2.45) is 5.41 Å². The van der Waals surface area contributed by atoms with Crippen molar-refractivity contribution in [2.45, 2.75) is 87.4 Å². The fourth-order valence-electron chi connectivity index (χ4n) is 8.00. The van der Waals surface area contributed by atoms with Crippen molar-refractivity contribution in [2.75, 3.05) is 5.32 Å². The Bertz CT molecular complexity index is 1320. The highest BCUT2D eigenvalue weighted by Gasteiger charge is 2.76. The maximum Gasteiger partial charge on any atom is 0.238 e. The number of aliphatic hydroxyl groups is 1. The van der Waals surface area contributed by atoms with Crippen LogP contribution in [0.2, 0.25) is 10.0 Å². The average molecular weight is 560 g/mol. The zero-order chi connectivity index (χ0) is 27.0. The van der Waals surface area contributed by atoms with Crippen LogP contribution in [0.15, 0.2) is 36.4 Å². The van der Waals surface area contributed by atoms with E-state index in [2.05, 4.69) is 29.8 Å². The molecule has 2 saturated carbocycles. The maximum absolute atomic E-state index is 15.8. The van der Waals surface area contributed by atoms with Gasteiger partial charge in [-0.1, -0.05) is 55.2 Å². The Hall–Kier alpha value is -2.19. The number of benzene rings is 2. The largest absolute Gasteiger partial charge is 0.393 e. The molecular weight excluding hydrogens is 528 g/mol. The fraction of sp³-hybridized carbons (Fsp3) is 0.517. The third kappa shape index (κ3) is 3.73. The molecule has 4 N–H and O–H groups in total. The van der Waals surface area contributed by atoms with Gasteiger partial charge in [-0.2, -0.15) is 0 Å². The van der Waals surface area contributed by atoms with Crippen molar-refractivity contribution >= 4 is 40.7 Å². The van der Waals surface area contributed by atoms with E-state index in [1.54, 1.807) is 24.3 Å². The molecule has 0 bridgehead atoms. The highest BCUT2D eigenvalue weighted by Crippen LogP contribution is 2.68. The summed E-state index contributed by atoms with van der Waals surface area (Å²) in [5, 5.41) is 20.1. The molecule has 0 aromatic heterocycles. The molecule has 1 saturated heterocycles. The van der Waals surface area contributed by atoms with E-state index in [1.807, 2.05) is 6.07 Å². The molecule has 2 aliphatic heterocycles. The van der Waals surface area contributed by atoms with E-state index >= 15 is 4.39 Å². The molecule has 38 heavy (non-hydrogen) atoms. The Morgan fingerprint density at radius 2 is 1.82 bits per heavy atom. The Labute approximate surface area is 231 Å². The molecule has 2 aromatic carbocycles. The van der Waals surface area contributed by atoms with Gasteiger partial charge in [-0.05, 0) is 73.3 Å². The summed E-state index contributed by atoms with van der Waals surface area (Å²) in [6, 6.07) is 9.10. The molecule has 2 spiro atoms. The maximum atomic E-state index is 15.8. The molecule has 2 aromatic rings. The van der Waals surface area contributed by atoms with Gasteiger partial charge in [0.05, 0.1) is 17.2 Å². The van der Waals surface area contributed by atoms with E-state index in [-0.39, 0.29) is 40.0 Å². The second-order valence-electron chi connectivity index (χ2n) is 12.3. The van der Waals surface area contributed by atoms with Gasteiger partial charge in [0.2, 0.25) is 11.8 Å². The molecule has 0 unspecified atom stereocenters. The van der Waals surface area contributed by atoms with Crippen molar-refractivity contribution < 1.29 is 19.1 Å². The number of hydrogen-bond acceptors (Lipinski definition) is 4. The number of hydrogen-bond donors (Lipinski definition) is 4. The highest BCUT2D eigenvalue weighted by molar-refractivity contribution is 6.31. The zero-order valence-electron chi connectivity index (χ0n) is 21.4. The molecule has 3 atom stereocenters. The third-order valence-electron chi connectivity index (χ3n) is 9.20. The Morgan fingerprint density at radius 3 is 2.50 bits per heavy atom. The van der Waals surface area contributed by atoms with Crippen LogP contribution in [0.25, 0.3) is 0 Å². The van der Waals surface area contributed by atoms with Crippen molar-refractivity contribution in [3.63, 3.8) is 0 Å². The number of carbonyl (C=O) groups is 2. The third-order valence-corrected chi connectivity index (χ3v) is 9.73. The highest BCUT2D eigenvalue weighted by atomic mass is 35.5. The van der Waals surface area contributed by atoms with Crippen LogP contribution >= 0.6 is 23.2 Å². The van der Waals surface area contributed by atoms with Crippen molar-refractivity contribution in [1.82, 2.24) is 10.6 Å². The smallest absolute Gasteiger partial charge is 0.238 e. The standard InChI is InChI=1S/C29H32Cl2FN3O3/c1-27(2)13-28(14-27)29(19-11-6-15(30)12-21(19)34-26(29)38)22(18-4-3-5-20(31)23(18)32)24(35-28)25(37)33-16-7-9-17(36)10-8-16/h3-6,11-12,16-17,22,24,35-36H,7-10,13-14H2,1-2H3,(H,33,37)(H,34,38)/t16?,17?,22-,24+,29+/m0/s1. The minimum Gasteiger partial charge on any atom is -0.393 e. The molecule has 0 radical (unpaired) electrons. The Kier molecular flexibility index (Phi) is 6.11. The average Bonchev–Trinajstić information content (AvgIpc) is 3.29. The molecule has 3 fully saturated rings. The first-order valence-corrected chi connectivity index (χ1v) is 14.0. The lowest BCUT2D eigenvalue weighted by molar-refractivity contribution is -0.128. The zero-order valence-corrected chi connectivity index (χ0v) is 22.9. The summed E-state index contributed by atoms with van der Waals surface area (Å²) < 4.78 is 15.8. The van der Waals surface area contributed by atoms with Gasteiger partial charge in [0.15, 0.2) is 0 Å². The van der Waals surface area contributed by atoms with Crippen molar-refractivity contribution in [1.29, 1.82) is 0 Å². The van der Waals surface area contributed by atoms with Crippen LogP contribution < -0.4 is 16.0 Å². The first-order valence-electron chi connectivity index (χ1n) is 13.3. The summed E-state index contributed by atoms with van der Waals surface area (Å²) in [6.45, 7) is 4.28. The quantitative estimate of drug-likeness (QED) is 0.423. The molecule has 2 heterocycles. The molecule has 202 valence electrons. The fourth-order valence-corrected chi connectivity index (χ4v) is 8.35. The molecule has 6 rings (SSSR count). The second-order valence-corrected chi connectivity index (χ2v) is 13.2. The summed E-state index contributed by atoms with van der Waals surface area (Å²) in [5.41, 5.74) is -0.553. The van der Waals surface area contributed by atoms with Crippen LogP contribution in [-0.4, -0.2) is 40.6 Å². The van der Waals surface area contributed by atoms with E-state index in [0.717, 1.165) is 5.56 Å². The van der Waals surface area contributed by atoms with Gasteiger partial charge < -0.3 is 15.7 Å². The summed E-state index contributed by atoms with van der Waals surface area (Å²) in [4.78, 5) is 28.3. The molecule has 2 aliphatic carbocycles. The topological polar surface area (TPSA) is 90.5 Å². The summed E-state index contributed by atoms with van der Waals surface area (Å²) in [6.07, 6.45) is 3.49. The van der Waals surface area contributed by atoms with Crippen LogP contribution in [0.3, 0.4) is 0 Å². The predicted molar refractivity (Wildman–Crippen MR) is 145 cm³/mol. The van der Waals surface area contributed by atoms with Crippen LogP contribution in [0.1, 0.15) is 69.4 Å². The van der Waals surface area contributed by atoms with Crippen LogP contribution in [0.5, 0.6) is 0 Å². The molecule has 4 aliphatic rings. The number of amides is 2. The van der Waals surface area contributed by atoms with Crippen molar-refractivity contribution in [3.05, 3.63) is 63.4 Å². The summed E-state index contributed by atoms with van der Waals surface area (Å²) >= 11 is 12.6. The van der Waals surface area contributed by atoms with Gasteiger partial charge in [-0.15, -0.1) is 0 Å². The normalized spacial score (nSPS) is 32.6. The minimum absolute atomic E-state index is 0.0531. The SMILES string of the molecule is CC1(C)CC2(C1)N[C@@H](C(=O)NC1CCC(O)CC1)[C@H](c1cccc(Cl)c1F)[C@]21C(=O)Nc2cc(Cl)ccc21. The lowest BCUT2D eigenvalue weighted by Gasteiger charge is -2.58. The Morgan fingerprint density at radius 1 is 1.11 bits per heavy atom. The van der Waals surface area contributed by atoms with Gasteiger partial charge >= 0.3 is 0 Å². The van der Waals surface area contributed by atoms with E-state index in [0.29, 0.717) is 49.2 Å². The van der Waals surface area contributed by atoms with Gasteiger partial charge in [0.1, 0.15) is 11.2 Å². The first kappa shape index (κ1) is 26.1. The number of carbonyl (C=O) groups excluding carboxylic acids is 2. The first-order chi connectivity index (χ1) is 18.0. The molecule has 6 nitrogen and oxygen atoms in total. The second kappa shape index (κ2) is 8.91. The molecule has 2 amide bonds. The summed E-state index contributed by atoms with van der Waals surface area (Å²) in [5.74, 6) is -2.01. The van der Waals surface area contributed by atoms with E-state index in [4.69, 9.17) is 23.2 Å². The number of anilines is 1. The number of fused-ring (bicyclic) bond motifs is 3. The number of halogens is 3. The lowest BCUT2D eigenvalue weighted by Crippen LogP contribution is -2.68. The summed E-state index contributed by atoms with van der Waals surface area (Å²) in [7, 11) is 0. The van der Waals surface area contributed by atoms with E-state index < -0.39 is 28.7 Å². The number of nitrogens with one attached hydrogen (secondary N) is 3. The minimum atomic E-state index is -1.25. The molecular formula is C29H32Cl2FN3O3. The molecule has 9 heteroatoms. The lowest BCUT2D eigenvalue weighted by atomic mass is 9.46. The monoisotopic (exact) mass is 559 g/mol. The predicted octanol–water partition coefficient (Wildman–Crippen LogP) is 5.06. The van der Waals surface area contributed by atoms with Gasteiger partial charge in [0.25, 0.3) is 0 Å². The van der Waals surface area contributed by atoms with Gasteiger partial charge in [0, 0.05) is 28.2 Å². The van der Waals surface area contributed by atoms with Crippen molar-refractivity contribution in [3.8, 4) is 0 Å². The van der Waals surface area contributed by atoms with E-state index in [1.165, 1.54) is 6.07 Å². The Balaban J connectivity index is 1.53. The number of aliphatic hydroxyl groups excluding tert-OH is 1. The van der Waals surface area contributed by atoms with Crippen LogP contribution in [0.4, 0.5) is 10.1 Å². The number of rotatable bonds is 3. The van der Waals surface area contributed by atoms with E-state index in [9.17, 15) is 14.7 Å². The van der Waals surface area contributed by atoms with Crippen LogP contribution in [0, 0.1) is 11.2 Å².